The molecule has 0 aliphatic carbocycles. The average Bonchev–Trinajstić information content (AvgIpc) is 2.90. The quantitative estimate of drug-likeness (QED) is 0.516. The third kappa shape index (κ3) is 3.34. The Morgan fingerprint density at radius 2 is 1.58 bits per heavy atom. The Hall–Kier alpha value is -2.96. The van der Waals surface area contributed by atoms with Crippen LogP contribution in [0, 0.1) is 0 Å². The van der Waals surface area contributed by atoms with E-state index in [1.807, 2.05) is 18.2 Å². The number of hydrogen-bond acceptors (Lipinski definition) is 7. The van der Waals surface area contributed by atoms with Gasteiger partial charge in [0, 0.05) is 5.56 Å². The molecule has 1 aromatic carbocycles. The summed E-state index contributed by atoms with van der Waals surface area (Å²) in [6.45, 7) is 3.49. The number of ether oxygens (including phenoxy) is 2. The Labute approximate surface area is 139 Å². The van der Waals surface area contributed by atoms with Crippen LogP contribution in [0.25, 0.3) is 0 Å². The normalized spacial score (nSPS) is 16.7. The molecule has 7 nitrogen and oxygen atoms in total. The number of hydrogen-bond donors (Lipinski definition) is 1. The van der Waals surface area contributed by atoms with Gasteiger partial charge in [0.1, 0.15) is 16.9 Å². The maximum Gasteiger partial charge on any atom is 0.374 e. The number of aliphatic imine (C=N–C) groups is 2. The number of methoxy groups -OCH3 is 2. The number of aliphatic hydroxyl groups excluding tert-OH is 1. The van der Waals surface area contributed by atoms with Crippen LogP contribution in [0.5, 0.6) is 0 Å². The van der Waals surface area contributed by atoms with Gasteiger partial charge in [0.05, 0.1) is 19.9 Å². The highest BCUT2D eigenvalue weighted by Gasteiger charge is 2.36. The van der Waals surface area contributed by atoms with Crippen molar-refractivity contribution in [2.75, 3.05) is 14.2 Å². The fraction of sp³-hybridized carbons (Fsp3) is 0.294. The van der Waals surface area contributed by atoms with Crippen molar-refractivity contribution in [1.82, 2.24) is 0 Å². The van der Waals surface area contributed by atoms with Gasteiger partial charge in [-0.25, -0.2) is 9.59 Å². The summed E-state index contributed by atoms with van der Waals surface area (Å²) >= 11 is 0. The van der Waals surface area contributed by atoms with Crippen LogP contribution >= 0.6 is 0 Å². The third-order valence-corrected chi connectivity index (χ3v) is 3.28. The molecule has 7 heteroatoms. The highest BCUT2D eigenvalue weighted by molar-refractivity contribution is 6.59. The Balaban J connectivity index is 2.67. The number of nitrogens with zero attached hydrogens (tertiary/aromatic N) is 2. The minimum Gasteiger partial charge on any atom is -0.501 e. The number of rotatable bonds is 4. The van der Waals surface area contributed by atoms with Crippen molar-refractivity contribution >= 4 is 23.4 Å². The number of carbonyl (C=O) groups excluding carboxylic acids is 2. The number of benzene rings is 1. The Bertz CT molecular complexity index is 760. The van der Waals surface area contributed by atoms with Gasteiger partial charge in [-0.15, -0.1) is 0 Å². The smallest absolute Gasteiger partial charge is 0.374 e. The van der Waals surface area contributed by atoms with Crippen LogP contribution < -0.4 is 0 Å². The minimum atomic E-state index is -1.06. The monoisotopic (exact) mass is 330 g/mol. The lowest BCUT2D eigenvalue weighted by Crippen LogP contribution is -2.26. The van der Waals surface area contributed by atoms with E-state index in [4.69, 9.17) is 4.74 Å². The molecule has 0 unspecified atom stereocenters. The molecule has 0 bridgehead atoms. The molecule has 0 saturated carbocycles. The summed E-state index contributed by atoms with van der Waals surface area (Å²) < 4.78 is 9.18. The van der Waals surface area contributed by atoms with E-state index in [0.717, 1.165) is 14.2 Å². The highest BCUT2D eigenvalue weighted by Crippen LogP contribution is 2.26. The van der Waals surface area contributed by atoms with Crippen LogP contribution in [-0.2, 0) is 19.1 Å². The van der Waals surface area contributed by atoms with Gasteiger partial charge < -0.3 is 14.6 Å². The van der Waals surface area contributed by atoms with Crippen LogP contribution in [0.4, 0.5) is 0 Å². The van der Waals surface area contributed by atoms with Gasteiger partial charge in [0.25, 0.3) is 0 Å². The zero-order valence-electron chi connectivity index (χ0n) is 13.9. The molecule has 0 radical (unpaired) electrons. The van der Waals surface area contributed by atoms with Gasteiger partial charge in [-0.05, 0) is 13.8 Å². The predicted molar refractivity (Wildman–Crippen MR) is 88.2 cm³/mol. The molecule has 1 N–H and O–H groups in total. The van der Waals surface area contributed by atoms with E-state index in [1.54, 1.807) is 26.0 Å². The molecule has 1 heterocycles. The van der Waals surface area contributed by atoms with Crippen molar-refractivity contribution in [2.45, 2.75) is 19.5 Å². The molecule has 0 aromatic heterocycles. The molecule has 1 aliphatic rings. The number of esters is 2. The van der Waals surface area contributed by atoms with E-state index in [0.29, 0.717) is 11.3 Å². The fourth-order valence-electron chi connectivity index (χ4n) is 2.26. The molecule has 0 saturated heterocycles. The van der Waals surface area contributed by atoms with Crippen LogP contribution in [-0.4, -0.2) is 48.4 Å². The molecule has 0 atom stereocenters. The second-order valence-corrected chi connectivity index (χ2v) is 5.49. The number of aliphatic hydroxyl groups is 1. The van der Waals surface area contributed by atoms with Crippen molar-refractivity contribution in [3.63, 3.8) is 0 Å². The largest absolute Gasteiger partial charge is 0.501 e. The second-order valence-electron chi connectivity index (χ2n) is 5.49. The molecule has 1 aliphatic heterocycles. The summed E-state index contributed by atoms with van der Waals surface area (Å²) in [5, 5.41) is 10.1. The molecule has 24 heavy (non-hydrogen) atoms. The van der Waals surface area contributed by atoms with E-state index < -0.39 is 23.4 Å². The molecule has 0 amide bonds. The maximum absolute atomic E-state index is 12.2. The third-order valence-electron chi connectivity index (χ3n) is 3.28. The average molecular weight is 330 g/mol. The molecule has 2 rings (SSSR count). The van der Waals surface area contributed by atoms with Crippen molar-refractivity contribution in [2.24, 2.45) is 9.98 Å². The van der Waals surface area contributed by atoms with Crippen LogP contribution in [0.1, 0.15) is 19.4 Å². The van der Waals surface area contributed by atoms with E-state index in [9.17, 15) is 14.7 Å². The van der Waals surface area contributed by atoms with Crippen LogP contribution in [0.15, 0.2) is 51.6 Å². The lowest BCUT2D eigenvalue weighted by molar-refractivity contribution is -0.141. The predicted octanol–water partition coefficient (Wildman–Crippen LogP) is 1.82. The highest BCUT2D eigenvalue weighted by atomic mass is 16.5. The maximum atomic E-state index is 12.2. The first kappa shape index (κ1) is 17.4. The van der Waals surface area contributed by atoms with Crippen molar-refractivity contribution in [1.29, 1.82) is 0 Å². The zero-order valence-corrected chi connectivity index (χ0v) is 13.9. The van der Waals surface area contributed by atoms with E-state index in [2.05, 4.69) is 14.7 Å². The second kappa shape index (κ2) is 6.66. The Morgan fingerprint density at radius 1 is 1.00 bits per heavy atom. The molecular formula is C17H18N2O5. The summed E-state index contributed by atoms with van der Waals surface area (Å²) in [5.74, 6) is -2.84. The van der Waals surface area contributed by atoms with E-state index in [-0.39, 0.29) is 11.3 Å². The van der Waals surface area contributed by atoms with Crippen LogP contribution in [0.2, 0.25) is 0 Å². The molecular weight excluding hydrogens is 312 g/mol. The zero-order chi connectivity index (χ0) is 17.9. The summed E-state index contributed by atoms with van der Waals surface area (Å²) in [7, 11) is 2.24. The van der Waals surface area contributed by atoms with Crippen molar-refractivity contribution in [3.8, 4) is 0 Å². The Kier molecular flexibility index (Phi) is 4.82. The first-order valence-electron chi connectivity index (χ1n) is 7.16. The van der Waals surface area contributed by atoms with E-state index >= 15 is 0 Å². The van der Waals surface area contributed by atoms with Crippen molar-refractivity contribution in [3.05, 3.63) is 47.2 Å². The minimum absolute atomic E-state index is 0.0842. The Morgan fingerprint density at radius 3 is 2.12 bits per heavy atom. The summed E-state index contributed by atoms with van der Waals surface area (Å²) in [6.07, 6.45) is 0. The standard InChI is InChI=1S/C17H18N2O5/c1-17(2)18-12(10-8-6-5-7-9-10)13(19-17)11(15(21)23-3)14(20)16(22)24-4/h5-9,20H,1-4H3/b14-11+. The fourth-order valence-corrected chi connectivity index (χ4v) is 2.26. The van der Waals surface area contributed by atoms with Gasteiger partial charge in [0.2, 0.25) is 5.76 Å². The first-order chi connectivity index (χ1) is 11.3. The van der Waals surface area contributed by atoms with Gasteiger partial charge in [-0.3, -0.25) is 9.98 Å². The summed E-state index contributed by atoms with van der Waals surface area (Å²) in [5.41, 5.74) is -0.0632. The first-order valence-corrected chi connectivity index (χ1v) is 7.16. The lowest BCUT2D eigenvalue weighted by atomic mass is 9.99. The van der Waals surface area contributed by atoms with Crippen molar-refractivity contribution < 1.29 is 24.2 Å². The summed E-state index contributed by atoms with van der Waals surface area (Å²) in [4.78, 5) is 32.7. The van der Waals surface area contributed by atoms with Gasteiger partial charge in [-0.2, -0.15) is 0 Å². The molecule has 1 aromatic rings. The SMILES string of the molecule is COC(=O)/C(O)=C(\C(=O)OC)C1=NC(C)(C)N=C1c1ccccc1. The molecule has 0 fully saturated rings. The lowest BCUT2D eigenvalue weighted by Gasteiger charge is -2.10. The van der Waals surface area contributed by atoms with E-state index in [1.165, 1.54) is 0 Å². The number of carbonyl (C=O) groups is 2. The van der Waals surface area contributed by atoms with Gasteiger partial charge in [-0.1, -0.05) is 30.3 Å². The van der Waals surface area contributed by atoms with Gasteiger partial charge >= 0.3 is 11.9 Å². The van der Waals surface area contributed by atoms with Crippen LogP contribution in [0.3, 0.4) is 0 Å². The molecule has 126 valence electrons. The van der Waals surface area contributed by atoms with Gasteiger partial charge in [0.15, 0.2) is 0 Å². The molecule has 0 spiro atoms. The summed E-state index contributed by atoms with van der Waals surface area (Å²) in [6, 6.07) is 9.04. The topological polar surface area (TPSA) is 97.5 Å².